The van der Waals surface area contributed by atoms with Crippen LogP contribution in [0.1, 0.15) is 38.2 Å². The average molecular weight is 563 g/mol. The van der Waals surface area contributed by atoms with Crippen molar-refractivity contribution in [2.24, 2.45) is 4.99 Å². The first kappa shape index (κ1) is 26.1. The van der Waals surface area contributed by atoms with Gasteiger partial charge in [-0.25, -0.2) is 13.1 Å². The van der Waals surface area contributed by atoms with Gasteiger partial charge in [-0.3, -0.25) is 4.99 Å². The van der Waals surface area contributed by atoms with E-state index in [9.17, 15) is 8.42 Å². The second kappa shape index (κ2) is 13.4. The third-order valence-corrected chi connectivity index (χ3v) is 6.74. The predicted octanol–water partition coefficient (Wildman–Crippen LogP) is 2.85. The van der Waals surface area contributed by atoms with Crippen molar-refractivity contribution in [3.8, 4) is 0 Å². The highest BCUT2D eigenvalue weighted by molar-refractivity contribution is 14.0. The first-order valence-electron chi connectivity index (χ1n) is 10.9. The highest BCUT2D eigenvalue weighted by atomic mass is 127. The number of halogens is 1. The van der Waals surface area contributed by atoms with Crippen LogP contribution in [0.2, 0.25) is 0 Å². The summed E-state index contributed by atoms with van der Waals surface area (Å²) in [5.41, 5.74) is 2.61. The molecular formula is C22H35IN4O3S. The van der Waals surface area contributed by atoms with Crippen molar-refractivity contribution in [2.75, 3.05) is 45.1 Å². The van der Waals surface area contributed by atoms with Gasteiger partial charge in [0, 0.05) is 32.8 Å². The molecule has 0 aromatic heterocycles. The zero-order valence-corrected chi connectivity index (χ0v) is 21.4. The van der Waals surface area contributed by atoms with E-state index in [0.29, 0.717) is 6.54 Å². The Bertz CT molecular complexity index is 824. The van der Waals surface area contributed by atoms with Crippen LogP contribution in [-0.4, -0.2) is 70.5 Å². The molecule has 1 saturated heterocycles. The minimum Gasteiger partial charge on any atom is -0.377 e. The lowest BCUT2D eigenvalue weighted by molar-refractivity contribution is 0.0200. The van der Waals surface area contributed by atoms with Crippen LogP contribution in [-0.2, 0) is 14.8 Å². The summed E-state index contributed by atoms with van der Waals surface area (Å²) in [6.07, 6.45) is 6.24. The number of rotatable bonds is 8. The molecule has 1 aromatic rings. The number of nitrogens with zero attached hydrogens (tertiary/aromatic N) is 2. The number of benzene rings is 1. The van der Waals surface area contributed by atoms with Crippen molar-refractivity contribution >= 4 is 45.5 Å². The molecule has 1 fully saturated rings. The molecule has 2 N–H and O–H groups in total. The summed E-state index contributed by atoms with van der Waals surface area (Å²) < 4.78 is 32.9. The number of hydrogen-bond donors (Lipinski definition) is 2. The first-order valence-corrected chi connectivity index (χ1v) is 12.6. The lowest BCUT2D eigenvalue weighted by Gasteiger charge is -2.30. The van der Waals surface area contributed by atoms with Crippen molar-refractivity contribution in [2.45, 2.75) is 38.7 Å². The van der Waals surface area contributed by atoms with Crippen molar-refractivity contribution in [1.29, 1.82) is 0 Å². The Morgan fingerprint density at radius 3 is 2.71 bits per heavy atom. The summed E-state index contributed by atoms with van der Waals surface area (Å²) in [4.78, 5) is 6.74. The van der Waals surface area contributed by atoms with Gasteiger partial charge in [0.1, 0.15) is 0 Å². The molecule has 0 radical (unpaired) electrons. The van der Waals surface area contributed by atoms with E-state index in [0.717, 1.165) is 57.9 Å². The summed E-state index contributed by atoms with van der Waals surface area (Å²) in [5.74, 6) is 0.750. The monoisotopic (exact) mass is 562 g/mol. The topological polar surface area (TPSA) is 83.0 Å². The molecular weight excluding hydrogens is 527 g/mol. The molecule has 1 aromatic carbocycles. The summed E-state index contributed by atoms with van der Waals surface area (Å²) >= 11 is 0. The second-order valence-electron chi connectivity index (χ2n) is 7.68. The van der Waals surface area contributed by atoms with Gasteiger partial charge >= 0.3 is 0 Å². The fraction of sp³-hybridized carbons (Fsp3) is 0.591. The Hall–Kier alpha value is -1.17. The van der Waals surface area contributed by atoms with E-state index in [2.05, 4.69) is 50.3 Å². The predicted molar refractivity (Wildman–Crippen MR) is 137 cm³/mol. The molecule has 0 spiro atoms. The number of sulfonamides is 1. The largest absolute Gasteiger partial charge is 0.377 e. The van der Waals surface area contributed by atoms with Gasteiger partial charge in [-0.2, -0.15) is 0 Å². The van der Waals surface area contributed by atoms with Gasteiger partial charge in [-0.15, -0.1) is 24.0 Å². The zero-order chi connectivity index (χ0) is 21.2. The van der Waals surface area contributed by atoms with Crippen LogP contribution >= 0.6 is 24.0 Å². The molecule has 1 atom stereocenters. The molecule has 174 valence electrons. The lowest BCUT2D eigenvalue weighted by atomic mass is 10.00. The summed E-state index contributed by atoms with van der Waals surface area (Å²) in [7, 11) is -3.36. The van der Waals surface area contributed by atoms with Gasteiger partial charge in [-0.1, -0.05) is 36.4 Å². The second-order valence-corrected chi connectivity index (χ2v) is 9.61. The third kappa shape index (κ3) is 8.70. The Morgan fingerprint density at radius 2 is 2.06 bits per heavy atom. The van der Waals surface area contributed by atoms with Gasteiger partial charge in [-0.05, 0) is 43.7 Å². The quantitative estimate of drug-likeness (QED) is 0.290. The molecule has 2 aliphatic heterocycles. The summed E-state index contributed by atoms with van der Waals surface area (Å²) in [6.45, 7) is 5.69. The van der Waals surface area contributed by atoms with E-state index >= 15 is 0 Å². The normalized spacial score (nSPS) is 20.0. The van der Waals surface area contributed by atoms with Crippen LogP contribution < -0.4 is 10.0 Å². The molecule has 9 heteroatoms. The first-order chi connectivity index (χ1) is 14.6. The maximum Gasteiger partial charge on any atom is 0.213 e. The van der Waals surface area contributed by atoms with E-state index in [1.54, 1.807) is 0 Å². The van der Waals surface area contributed by atoms with E-state index in [1.807, 2.05) is 13.0 Å². The minimum absolute atomic E-state index is 0. The van der Waals surface area contributed by atoms with E-state index in [1.165, 1.54) is 11.1 Å². The van der Waals surface area contributed by atoms with Gasteiger partial charge in [0.05, 0.1) is 18.4 Å². The molecule has 0 aliphatic carbocycles. The van der Waals surface area contributed by atoms with E-state index in [-0.39, 0.29) is 42.4 Å². The molecule has 2 heterocycles. The van der Waals surface area contributed by atoms with Crippen LogP contribution in [0.4, 0.5) is 0 Å². The molecule has 0 bridgehead atoms. The Morgan fingerprint density at radius 1 is 1.26 bits per heavy atom. The third-order valence-electron chi connectivity index (χ3n) is 5.41. The lowest BCUT2D eigenvalue weighted by Crippen LogP contribution is -2.44. The smallest absolute Gasteiger partial charge is 0.213 e. The highest BCUT2D eigenvalue weighted by Crippen LogP contribution is 2.22. The van der Waals surface area contributed by atoms with Gasteiger partial charge < -0.3 is 15.0 Å². The fourth-order valence-corrected chi connectivity index (χ4v) is 4.65. The zero-order valence-electron chi connectivity index (χ0n) is 18.3. The Kier molecular flexibility index (Phi) is 11.3. The molecule has 0 saturated carbocycles. The average Bonchev–Trinajstić information content (AvgIpc) is 2.79. The van der Waals surface area contributed by atoms with E-state index in [4.69, 9.17) is 4.74 Å². The number of hydrogen-bond acceptors (Lipinski definition) is 4. The Labute approximate surface area is 203 Å². The van der Waals surface area contributed by atoms with Crippen LogP contribution in [0, 0.1) is 0 Å². The van der Waals surface area contributed by atoms with Crippen LogP contribution in [0.15, 0.2) is 41.4 Å². The molecule has 1 unspecified atom stereocenters. The fourth-order valence-electron chi connectivity index (χ4n) is 3.73. The van der Waals surface area contributed by atoms with Gasteiger partial charge in [0.15, 0.2) is 5.96 Å². The van der Waals surface area contributed by atoms with Crippen LogP contribution in [0.3, 0.4) is 0 Å². The number of guanidine groups is 1. The molecule has 0 amide bonds. The number of nitrogens with one attached hydrogen (secondary N) is 2. The van der Waals surface area contributed by atoms with Crippen molar-refractivity contribution in [3.05, 3.63) is 42.0 Å². The summed E-state index contributed by atoms with van der Waals surface area (Å²) in [5, 5.41) is 3.29. The van der Waals surface area contributed by atoms with Crippen LogP contribution in [0.5, 0.6) is 0 Å². The molecule has 31 heavy (non-hydrogen) atoms. The molecule has 7 nitrogen and oxygen atoms in total. The SMILES string of the molecule is CCNC(=NCCS(=O)(=O)NCC1CCCCO1)N1CC=C(c2ccccc2)CC1.I. The van der Waals surface area contributed by atoms with Crippen molar-refractivity contribution in [1.82, 2.24) is 14.9 Å². The van der Waals surface area contributed by atoms with Crippen molar-refractivity contribution < 1.29 is 13.2 Å². The molecule has 2 aliphatic rings. The van der Waals surface area contributed by atoms with Gasteiger partial charge in [0.25, 0.3) is 0 Å². The maximum atomic E-state index is 12.3. The number of ether oxygens (including phenoxy) is 1. The Balaban J connectivity index is 0.00000341. The highest BCUT2D eigenvalue weighted by Gasteiger charge is 2.19. The standard InChI is InChI=1S/C22H34N4O3S.HI/c1-2-23-22(26-14-11-20(12-15-26)19-8-4-3-5-9-19)24-13-17-30(27,28)25-18-21-10-6-7-16-29-21;/h3-5,8-9,11,21,25H,2,6-7,10,12-18H2,1H3,(H,23,24);1H. The summed E-state index contributed by atoms with van der Waals surface area (Å²) in [6, 6.07) is 10.4. The van der Waals surface area contributed by atoms with E-state index < -0.39 is 10.0 Å². The number of aliphatic imine (C=N–C) groups is 1. The van der Waals surface area contributed by atoms with Gasteiger partial charge in [0.2, 0.25) is 10.0 Å². The van der Waals surface area contributed by atoms with Crippen LogP contribution in [0.25, 0.3) is 5.57 Å². The van der Waals surface area contributed by atoms with Crippen molar-refractivity contribution in [3.63, 3.8) is 0 Å². The minimum atomic E-state index is -3.36. The molecule has 3 rings (SSSR count). The maximum absolute atomic E-state index is 12.3.